The van der Waals surface area contributed by atoms with Gasteiger partial charge >= 0.3 is 5.97 Å². The molecule has 0 aliphatic heterocycles. The van der Waals surface area contributed by atoms with E-state index in [2.05, 4.69) is 10.3 Å². The summed E-state index contributed by atoms with van der Waals surface area (Å²) in [5.41, 5.74) is 2.38. The van der Waals surface area contributed by atoms with E-state index in [0.29, 0.717) is 12.1 Å². The number of aromatic nitrogens is 3. The van der Waals surface area contributed by atoms with Gasteiger partial charge in [-0.05, 0) is 19.1 Å². The van der Waals surface area contributed by atoms with Crippen molar-refractivity contribution in [2.45, 2.75) is 19.8 Å². The number of nitrogens with zero attached hydrogens (tertiary/aromatic N) is 3. The number of aliphatic carboxylic acids is 1. The second-order valence-corrected chi connectivity index (χ2v) is 4.13. The van der Waals surface area contributed by atoms with E-state index >= 15 is 0 Å². The zero-order chi connectivity index (χ0) is 13.8. The Morgan fingerprint density at radius 3 is 2.95 bits per heavy atom. The Bertz CT molecular complexity index is 593. The molecule has 0 spiro atoms. The summed E-state index contributed by atoms with van der Waals surface area (Å²) in [6.07, 6.45) is 0.433. The van der Waals surface area contributed by atoms with E-state index < -0.39 is 5.97 Å². The van der Waals surface area contributed by atoms with E-state index in [4.69, 9.17) is 9.84 Å². The van der Waals surface area contributed by atoms with E-state index in [9.17, 15) is 4.79 Å². The SMILES string of the molecule is COc1cccc(-n2nnc(CCC(=O)O)c2C)c1. The molecule has 0 aliphatic rings. The number of hydrogen-bond donors (Lipinski definition) is 1. The lowest BCUT2D eigenvalue weighted by molar-refractivity contribution is -0.136. The number of carbonyl (C=O) groups is 1. The topological polar surface area (TPSA) is 77.2 Å². The van der Waals surface area contributed by atoms with Crippen LogP contribution in [0.2, 0.25) is 0 Å². The molecule has 0 radical (unpaired) electrons. The van der Waals surface area contributed by atoms with Gasteiger partial charge < -0.3 is 9.84 Å². The van der Waals surface area contributed by atoms with E-state index in [-0.39, 0.29) is 6.42 Å². The molecule has 0 saturated carbocycles. The monoisotopic (exact) mass is 261 g/mol. The van der Waals surface area contributed by atoms with Crippen LogP contribution in [0.1, 0.15) is 17.8 Å². The first-order valence-corrected chi connectivity index (χ1v) is 5.89. The predicted octanol–water partition coefficient (Wildman–Crippen LogP) is 1.60. The molecule has 2 aromatic rings. The number of rotatable bonds is 5. The zero-order valence-electron chi connectivity index (χ0n) is 10.8. The third-order valence-corrected chi connectivity index (χ3v) is 2.86. The first kappa shape index (κ1) is 13.1. The largest absolute Gasteiger partial charge is 0.497 e. The second kappa shape index (κ2) is 5.51. The summed E-state index contributed by atoms with van der Waals surface area (Å²) in [6.45, 7) is 1.87. The molecule has 1 aromatic carbocycles. The molecule has 0 amide bonds. The Labute approximate surface area is 110 Å². The van der Waals surface area contributed by atoms with Crippen molar-refractivity contribution in [3.05, 3.63) is 35.7 Å². The molecular weight excluding hydrogens is 246 g/mol. The lowest BCUT2D eigenvalue weighted by Gasteiger charge is -2.05. The van der Waals surface area contributed by atoms with Gasteiger partial charge in [0.15, 0.2) is 0 Å². The summed E-state index contributed by atoms with van der Waals surface area (Å²) in [6, 6.07) is 7.46. The summed E-state index contributed by atoms with van der Waals surface area (Å²) in [5, 5.41) is 16.8. The van der Waals surface area contributed by atoms with Gasteiger partial charge in [-0.3, -0.25) is 4.79 Å². The molecule has 6 heteroatoms. The summed E-state index contributed by atoms with van der Waals surface area (Å²) >= 11 is 0. The molecule has 1 aromatic heterocycles. The minimum absolute atomic E-state index is 0.0532. The number of aryl methyl sites for hydroxylation is 1. The summed E-state index contributed by atoms with van der Waals surface area (Å²) in [4.78, 5) is 10.6. The van der Waals surface area contributed by atoms with Crippen LogP contribution in [0.5, 0.6) is 5.75 Å². The summed E-state index contributed by atoms with van der Waals surface area (Å²) < 4.78 is 6.84. The van der Waals surface area contributed by atoms with Gasteiger partial charge in [-0.15, -0.1) is 5.10 Å². The average molecular weight is 261 g/mol. The van der Waals surface area contributed by atoms with Crippen LogP contribution < -0.4 is 4.74 Å². The van der Waals surface area contributed by atoms with E-state index in [1.807, 2.05) is 31.2 Å². The van der Waals surface area contributed by atoms with E-state index in [1.54, 1.807) is 11.8 Å². The molecule has 100 valence electrons. The Balaban J connectivity index is 2.27. The minimum atomic E-state index is -0.838. The lowest BCUT2D eigenvalue weighted by Crippen LogP contribution is -2.01. The quantitative estimate of drug-likeness (QED) is 0.884. The van der Waals surface area contributed by atoms with Crippen LogP contribution in [0.15, 0.2) is 24.3 Å². The van der Waals surface area contributed by atoms with Gasteiger partial charge in [-0.25, -0.2) is 4.68 Å². The van der Waals surface area contributed by atoms with Crippen LogP contribution in [0.3, 0.4) is 0 Å². The zero-order valence-corrected chi connectivity index (χ0v) is 10.8. The van der Waals surface area contributed by atoms with Gasteiger partial charge in [0.25, 0.3) is 0 Å². The highest BCUT2D eigenvalue weighted by molar-refractivity contribution is 5.67. The van der Waals surface area contributed by atoms with Gasteiger partial charge in [-0.1, -0.05) is 11.3 Å². The Morgan fingerprint density at radius 1 is 1.47 bits per heavy atom. The van der Waals surface area contributed by atoms with Gasteiger partial charge in [0, 0.05) is 12.5 Å². The van der Waals surface area contributed by atoms with E-state index in [1.165, 1.54) is 0 Å². The van der Waals surface area contributed by atoms with Crippen LogP contribution in [0.25, 0.3) is 5.69 Å². The van der Waals surface area contributed by atoms with Crippen molar-refractivity contribution in [2.24, 2.45) is 0 Å². The highest BCUT2D eigenvalue weighted by Crippen LogP contribution is 2.18. The molecule has 0 atom stereocenters. The summed E-state index contributed by atoms with van der Waals surface area (Å²) in [7, 11) is 1.60. The number of benzene rings is 1. The van der Waals surface area contributed by atoms with Crippen molar-refractivity contribution in [2.75, 3.05) is 7.11 Å². The fourth-order valence-corrected chi connectivity index (χ4v) is 1.80. The van der Waals surface area contributed by atoms with Crippen LogP contribution in [0, 0.1) is 6.92 Å². The molecule has 6 nitrogen and oxygen atoms in total. The molecule has 0 unspecified atom stereocenters. The third-order valence-electron chi connectivity index (χ3n) is 2.86. The van der Waals surface area contributed by atoms with Crippen molar-refractivity contribution in [1.29, 1.82) is 0 Å². The summed E-state index contributed by atoms with van der Waals surface area (Å²) in [5.74, 6) is -0.102. The molecule has 0 saturated heterocycles. The molecular formula is C13H15N3O3. The molecule has 1 N–H and O–H groups in total. The van der Waals surface area contributed by atoms with E-state index in [0.717, 1.165) is 17.1 Å². The van der Waals surface area contributed by atoms with Crippen LogP contribution >= 0.6 is 0 Å². The van der Waals surface area contributed by atoms with Crippen molar-refractivity contribution in [3.8, 4) is 11.4 Å². The molecule has 0 aliphatic carbocycles. The van der Waals surface area contributed by atoms with Gasteiger partial charge in [0.1, 0.15) is 5.75 Å². The molecule has 0 fully saturated rings. The fraction of sp³-hybridized carbons (Fsp3) is 0.308. The standard InChI is InChI=1S/C13H15N3O3/c1-9-12(6-7-13(17)18)14-15-16(9)10-4-3-5-11(8-10)19-2/h3-5,8H,6-7H2,1-2H3,(H,17,18). The van der Waals surface area contributed by atoms with Crippen molar-refractivity contribution < 1.29 is 14.6 Å². The average Bonchev–Trinajstić information content (AvgIpc) is 2.78. The van der Waals surface area contributed by atoms with Crippen LogP contribution in [-0.4, -0.2) is 33.2 Å². The lowest BCUT2D eigenvalue weighted by atomic mass is 10.2. The fourth-order valence-electron chi connectivity index (χ4n) is 1.80. The normalized spacial score (nSPS) is 10.4. The second-order valence-electron chi connectivity index (χ2n) is 4.13. The highest BCUT2D eigenvalue weighted by Gasteiger charge is 2.11. The smallest absolute Gasteiger partial charge is 0.303 e. The number of hydrogen-bond acceptors (Lipinski definition) is 4. The maximum absolute atomic E-state index is 10.6. The molecule has 2 rings (SSSR count). The number of carboxylic acids is 1. The van der Waals surface area contributed by atoms with Crippen molar-refractivity contribution >= 4 is 5.97 Å². The number of ether oxygens (including phenoxy) is 1. The Kier molecular flexibility index (Phi) is 3.79. The molecule has 19 heavy (non-hydrogen) atoms. The maximum Gasteiger partial charge on any atom is 0.303 e. The molecule has 0 bridgehead atoms. The minimum Gasteiger partial charge on any atom is -0.497 e. The van der Waals surface area contributed by atoms with Crippen molar-refractivity contribution in [3.63, 3.8) is 0 Å². The van der Waals surface area contributed by atoms with Crippen molar-refractivity contribution in [1.82, 2.24) is 15.0 Å². The highest BCUT2D eigenvalue weighted by atomic mass is 16.5. The van der Waals surface area contributed by atoms with Crippen LogP contribution in [-0.2, 0) is 11.2 Å². The number of methoxy groups -OCH3 is 1. The van der Waals surface area contributed by atoms with Crippen LogP contribution in [0.4, 0.5) is 0 Å². The predicted molar refractivity (Wildman–Crippen MR) is 68.6 cm³/mol. The first-order chi connectivity index (χ1) is 9.11. The van der Waals surface area contributed by atoms with Gasteiger partial charge in [0.05, 0.1) is 30.6 Å². The maximum atomic E-state index is 10.6. The van der Waals surface area contributed by atoms with Gasteiger partial charge in [0.2, 0.25) is 0 Å². The Morgan fingerprint density at radius 2 is 2.26 bits per heavy atom. The Hall–Kier alpha value is -2.37. The number of carboxylic acid groups (broad SMARTS) is 1. The third kappa shape index (κ3) is 2.90. The van der Waals surface area contributed by atoms with Gasteiger partial charge in [-0.2, -0.15) is 0 Å². The molecule has 1 heterocycles. The first-order valence-electron chi connectivity index (χ1n) is 5.89.